The quantitative estimate of drug-likeness (QED) is 0.909. The van der Waals surface area contributed by atoms with Crippen LogP contribution in [-0.4, -0.2) is 29.8 Å². The van der Waals surface area contributed by atoms with Crippen LogP contribution in [0.2, 0.25) is 0 Å². The molecule has 0 radical (unpaired) electrons. The van der Waals surface area contributed by atoms with E-state index in [1.54, 1.807) is 0 Å². The maximum atomic E-state index is 12.7. The first-order valence-corrected chi connectivity index (χ1v) is 8.89. The van der Waals surface area contributed by atoms with Crippen molar-refractivity contribution in [3.63, 3.8) is 0 Å². The van der Waals surface area contributed by atoms with Gasteiger partial charge >= 0.3 is 0 Å². The number of likely N-dealkylation sites (tertiary alicyclic amines) is 1. The number of anilines is 1. The van der Waals surface area contributed by atoms with Crippen LogP contribution in [0.1, 0.15) is 58.9 Å². The number of piperidine rings is 1. The molecule has 132 valence electrons. The number of hydrogen-bond donors (Lipinski definition) is 1. The highest BCUT2D eigenvalue weighted by atomic mass is 16.2. The minimum absolute atomic E-state index is 0.0227. The van der Waals surface area contributed by atoms with E-state index in [2.05, 4.69) is 25.2 Å². The van der Waals surface area contributed by atoms with Crippen molar-refractivity contribution < 1.29 is 9.59 Å². The molecule has 24 heavy (non-hydrogen) atoms. The van der Waals surface area contributed by atoms with Gasteiger partial charge in [0, 0.05) is 24.2 Å². The van der Waals surface area contributed by atoms with Crippen molar-refractivity contribution in [1.82, 2.24) is 4.90 Å². The number of carbonyl (C=O) groups is 2. The molecule has 1 atom stereocenters. The van der Waals surface area contributed by atoms with E-state index in [4.69, 9.17) is 0 Å². The molecule has 1 N–H and O–H groups in total. The zero-order valence-electron chi connectivity index (χ0n) is 15.6. The Kier molecular flexibility index (Phi) is 5.68. The smallest absolute Gasteiger partial charge is 0.229 e. The number of rotatable bonds is 3. The summed E-state index contributed by atoms with van der Waals surface area (Å²) in [7, 11) is 0. The molecule has 1 saturated heterocycles. The molecule has 2 amide bonds. The summed E-state index contributed by atoms with van der Waals surface area (Å²) in [5.74, 6) is 0.370. The highest BCUT2D eigenvalue weighted by Gasteiger charge is 2.33. The van der Waals surface area contributed by atoms with Gasteiger partial charge in [0.2, 0.25) is 11.8 Å². The molecule has 1 aromatic carbocycles. The predicted octanol–water partition coefficient (Wildman–Crippen LogP) is 4.03. The Morgan fingerprint density at radius 3 is 2.50 bits per heavy atom. The molecule has 1 fully saturated rings. The van der Waals surface area contributed by atoms with Crippen LogP contribution in [-0.2, 0) is 9.59 Å². The molecule has 2 rings (SSSR count). The summed E-state index contributed by atoms with van der Waals surface area (Å²) in [6.07, 6.45) is 1.72. The molecule has 4 nitrogen and oxygen atoms in total. The first-order chi connectivity index (χ1) is 11.2. The molecule has 1 heterocycles. The normalized spacial score (nSPS) is 18.6. The number of benzene rings is 1. The number of amides is 2. The molecule has 0 aliphatic carbocycles. The Balaban J connectivity index is 2.06. The summed E-state index contributed by atoms with van der Waals surface area (Å²) in [5, 5.41) is 3.08. The van der Waals surface area contributed by atoms with Gasteiger partial charge in [0.1, 0.15) is 0 Å². The van der Waals surface area contributed by atoms with Crippen LogP contribution in [0.5, 0.6) is 0 Å². The summed E-state index contributed by atoms with van der Waals surface area (Å²) < 4.78 is 0. The molecule has 1 aliphatic rings. The molecule has 0 spiro atoms. The van der Waals surface area contributed by atoms with Gasteiger partial charge in [0.05, 0.1) is 5.92 Å². The Labute approximate surface area is 145 Å². The van der Waals surface area contributed by atoms with Crippen molar-refractivity contribution in [3.8, 4) is 0 Å². The lowest BCUT2D eigenvalue weighted by atomic mass is 9.90. The third kappa shape index (κ3) is 4.37. The Bertz CT molecular complexity index is 602. The van der Waals surface area contributed by atoms with Gasteiger partial charge in [-0.05, 0) is 30.4 Å². The van der Waals surface area contributed by atoms with Gasteiger partial charge in [-0.15, -0.1) is 0 Å². The SMILES string of the molecule is CC(C)c1ccccc1NC(=O)[C@@H]1CCCN(C(=O)C(C)(C)C)C1. The van der Waals surface area contributed by atoms with E-state index in [1.165, 1.54) is 0 Å². The van der Waals surface area contributed by atoms with Gasteiger partial charge in [0.25, 0.3) is 0 Å². The molecule has 0 aromatic heterocycles. The van der Waals surface area contributed by atoms with Crippen molar-refractivity contribution in [2.75, 3.05) is 18.4 Å². The minimum Gasteiger partial charge on any atom is -0.341 e. The molecule has 0 saturated carbocycles. The number of nitrogens with zero attached hydrogens (tertiary/aromatic N) is 1. The van der Waals surface area contributed by atoms with Crippen molar-refractivity contribution >= 4 is 17.5 Å². The molecule has 0 unspecified atom stereocenters. The largest absolute Gasteiger partial charge is 0.341 e. The van der Waals surface area contributed by atoms with Crippen LogP contribution in [0.25, 0.3) is 0 Å². The lowest BCUT2D eigenvalue weighted by Crippen LogP contribution is -2.47. The van der Waals surface area contributed by atoms with Gasteiger partial charge < -0.3 is 10.2 Å². The summed E-state index contributed by atoms with van der Waals surface area (Å²) in [6.45, 7) is 11.3. The van der Waals surface area contributed by atoms with E-state index in [-0.39, 0.29) is 17.7 Å². The van der Waals surface area contributed by atoms with E-state index in [9.17, 15) is 9.59 Å². The monoisotopic (exact) mass is 330 g/mol. The molecule has 4 heteroatoms. The van der Waals surface area contributed by atoms with Crippen LogP contribution in [0.15, 0.2) is 24.3 Å². The molecule has 0 bridgehead atoms. The maximum absolute atomic E-state index is 12.7. The van der Waals surface area contributed by atoms with E-state index in [0.717, 1.165) is 30.6 Å². The second-order valence-electron chi connectivity index (χ2n) is 8.07. The highest BCUT2D eigenvalue weighted by molar-refractivity contribution is 5.94. The van der Waals surface area contributed by atoms with Crippen molar-refractivity contribution in [3.05, 3.63) is 29.8 Å². The van der Waals surface area contributed by atoms with E-state index in [0.29, 0.717) is 12.5 Å². The first-order valence-electron chi connectivity index (χ1n) is 8.89. The van der Waals surface area contributed by atoms with Gasteiger partial charge in [-0.25, -0.2) is 0 Å². The van der Waals surface area contributed by atoms with E-state index >= 15 is 0 Å². The average Bonchev–Trinajstić information content (AvgIpc) is 2.53. The van der Waals surface area contributed by atoms with Gasteiger partial charge in [-0.3, -0.25) is 9.59 Å². The van der Waals surface area contributed by atoms with Crippen LogP contribution < -0.4 is 5.32 Å². The minimum atomic E-state index is -0.400. The summed E-state index contributed by atoms with van der Waals surface area (Å²) in [4.78, 5) is 27.0. The average molecular weight is 330 g/mol. The van der Waals surface area contributed by atoms with E-state index < -0.39 is 5.41 Å². The fourth-order valence-electron chi connectivity index (χ4n) is 3.20. The fraction of sp³-hybridized carbons (Fsp3) is 0.600. The second-order valence-corrected chi connectivity index (χ2v) is 8.07. The summed E-state index contributed by atoms with van der Waals surface area (Å²) in [6, 6.07) is 7.94. The number of para-hydroxylation sites is 1. The molecular weight excluding hydrogens is 300 g/mol. The standard InChI is InChI=1S/C20H30N2O2/c1-14(2)16-10-6-7-11-17(16)21-18(23)15-9-8-12-22(13-15)19(24)20(3,4)5/h6-7,10-11,14-15H,8-9,12-13H2,1-5H3,(H,21,23)/t15-/m1/s1. The Morgan fingerprint density at radius 1 is 1.21 bits per heavy atom. The van der Waals surface area contributed by atoms with Crippen LogP contribution in [0, 0.1) is 11.3 Å². The number of carbonyl (C=O) groups excluding carboxylic acids is 2. The van der Waals surface area contributed by atoms with Gasteiger partial charge in [0.15, 0.2) is 0 Å². The molecular formula is C20H30N2O2. The van der Waals surface area contributed by atoms with Crippen LogP contribution >= 0.6 is 0 Å². The third-order valence-corrected chi connectivity index (χ3v) is 4.56. The summed E-state index contributed by atoms with van der Waals surface area (Å²) in [5.41, 5.74) is 1.63. The zero-order chi connectivity index (χ0) is 17.9. The fourth-order valence-corrected chi connectivity index (χ4v) is 3.20. The van der Waals surface area contributed by atoms with E-state index in [1.807, 2.05) is 43.9 Å². The van der Waals surface area contributed by atoms with Crippen LogP contribution in [0.4, 0.5) is 5.69 Å². The number of hydrogen-bond acceptors (Lipinski definition) is 2. The predicted molar refractivity (Wildman–Crippen MR) is 97.9 cm³/mol. The maximum Gasteiger partial charge on any atom is 0.229 e. The lowest BCUT2D eigenvalue weighted by Gasteiger charge is -2.36. The van der Waals surface area contributed by atoms with Gasteiger partial charge in [-0.2, -0.15) is 0 Å². The van der Waals surface area contributed by atoms with Crippen molar-refractivity contribution in [2.45, 2.75) is 53.4 Å². The molecule has 1 aliphatic heterocycles. The highest BCUT2D eigenvalue weighted by Crippen LogP contribution is 2.27. The third-order valence-electron chi connectivity index (χ3n) is 4.56. The zero-order valence-corrected chi connectivity index (χ0v) is 15.6. The van der Waals surface area contributed by atoms with Crippen molar-refractivity contribution in [2.24, 2.45) is 11.3 Å². The second kappa shape index (κ2) is 7.37. The molecule has 1 aromatic rings. The number of nitrogens with one attached hydrogen (secondary N) is 1. The van der Waals surface area contributed by atoms with Crippen LogP contribution in [0.3, 0.4) is 0 Å². The Hall–Kier alpha value is -1.84. The Morgan fingerprint density at radius 2 is 1.88 bits per heavy atom. The summed E-state index contributed by atoms with van der Waals surface area (Å²) >= 11 is 0. The van der Waals surface area contributed by atoms with Crippen molar-refractivity contribution in [1.29, 1.82) is 0 Å². The lowest BCUT2D eigenvalue weighted by molar-refractivity contribution is -0.142. The van der Waals surface area contributed by atoms with Gasteiger partial charge in [-0.1, -0.05) is 52.8 Å². The first kappa shape index (κ1) is 18.5. The topological polar surface area (TPSA) is 49.4 Å².